The van der Waals surface area contributed by atoms with Crippen molar-refractivity contribution in [2.45, 2.75) is 36.5 Å². The third-order valence-corrected chi connectivity index (χ3v) is 5.23. The molecule has 94 valence electrons. The molecule has 0 bridgehead atoms. The molecule has 0 atom stereocenters. The molecule has 0 saturated carbocycles. The maximum absolute atomic E-state index is 2.28. The van der Waals surface area contributed by atoms with E-state index in [-0.39, 0.29) is 0 Å². The van der Waals surface area contributed by atoms with E-state index in [4.69, 9.17) is 0 Å². The lowest BCUT2D eigenvalue weighted by Crippen LogP contribution is -1.80. The van der Waals surface area contributed by atoms with Crippen molar-refractivity contribution >= 4 is 21.6 Å². The van der Waals surface area contributed by atoms with Gasteiger partial charge in [-0.25, -0.2) is 0 Å². The van der Waals surface area contributed by atoms with E-state index < -0.39 is 0 Å². The molecule has 2 aromatic carbocycles. The average Bonchev–Trinajstić information content (AvgIpc) is 2.45. The van der Waals surface area contributed by atoms with E-state index in [0.717, 1.165) is 12.8 Å². The van der Waals surface area contributed by atoms with Crippen LogP contribution in [0.4, 0.5) is 0 Å². The molecule has 0 aliphatic carbocycles. The van der Waals surface area contributed by atoms with Crippen molar-refractivity contribution in [3.8, 4) is 0 Å². The number of hydrogen-bond acceptors (Lipinski definition) is 2. The Balaban J connectivity index is 2.01. The molecule has 18 heavy (non-hydrogen) atoms. The Bertz CT molecular complexity index is 458. The van der Waals surface area contributed by atoms with Gasteiger partial charge in [0.25, 0.3) is 0 Å². The summed E-state index contributed by atoms with van der Waals surface area (Å²) in [6.07, 6.45) is 2.20. The highest BCUT2D eigenvalue weighted by atomic mass is 33.1. The monoisotopic (exact) mass is 274 g/mol. The van der Waals surface area contributed by atoms with Crippen molar-refractivity contribution in [1.82, 2.24) is 0 Å². The second-order valence-electron chi connectivity index (χ2n) is 4.17. The summed E-state index contributed by atoms with van der Waals surface area (Å²) in [4.78, 5) is 2.67. The van der Waals surface area contributed by atoms with Crippen LogP contribution >= 0.6 is 21.6 Å². The number of hydrogen-bond donors (Lipinski definition) is 0. The molecule has 0 unspecified atom stereocenters. The molecule has 0 aliphatic rings. The summed E-state index contributed by atoms with van der Waals surface area (Å²) in [5.74, 6) is 0. The van der Waals surface area contributed by atoms with Crippen LogP contribution in [0, 0.1) is 0 Å². The van der Waals surface area contributed by atoms with Gasteiger partial charge in [-0.05, 0) is 48.2 Å². The standard InChI is InChI=1S/C16H18S2/c1-3-13-7-5-9-15(11-13)17-18-16-10-6-8-14(4-2)12-16/h5-12H,3-4H2,1-2H3. The van der Waals surface area contributed by atoms with Crippen LogP contribution in [-0.2, 0) is 12.8 Å². The Morgan fingerprint density at radius 2 is 1.17 bits per heavy atom. The summed E-state index contributed by atoms with van der Waals surface area (Å²) in [5.41, 5.74) is 2.81. The second-order valence-corrected chi connectivity index (χ2v) is 6.44. The molecule has 2 rings (SSSR count). The molecule has 0 amide bonds. The third kappa shape index (κ3) is 3.82. The molecule has 0 fully saturated rings. The van der Waals surface area contributed by atoms with Gasteiger partial charge in [0.05, 0.1) is 0 Å². The lowest BCUT2D eigenvalue weighted by Gasteiger charge is -2.04. The molecular weight excluding hydrogens is 256 g/mol. The van der Waals surface area contributed by atoms with Gasteiger partial charge < -0.3 is 0 Å². The van der Waals surface area contributed by atoms with Crippen LogP contribution in [0.1, 0.15) is 25.0 Å². The number of aryl methyl sites for hydroxylation is 2. The van der Waals surface area contributed by atoms with Gasteiger partial charge in [-0.1, -0.05) is 59.7 Å². The van der Waals surface area contributed by atoms with Crippen molar-refractivity contribution in [3.63, 3.8) is 0 Å². The van der Waals surface area contributed by atoms with Gasteiger partial charge >= 0.3 is 0 Å². The zero-order valence-corrected chi connectivity index (χ0v) is 12.5. The summed E-state index contributed by atoms with van der Waals surface area (Å²) in [5, 5.41) is 0. The molecule has 0 spiro atoms. The fourth-order valence-corrected chi connectivity index (χ4v) is 3.79. The van der Waals surface area contributed by atoms with Crippen molar-refractivity contribution in [1.29, 1.82) is 0 Å². The second kappa shape index (κ2) is 6.91. The van der Waals surface area contributed by atoms with Gasteiger partial charge in [-0.15, -0.1) is 0 Å². The Hall–Kier alpha value is -0.860. The fourth-order valence-electron chi connectivity index (χ4n) is 1.73. The molecule has 0 nitrogen and oxygen atoms in total. The minimum Gasteiger partial charge on any atom is -0.0613 e. The van der Waals surface area contributed by atoms with Crippen LogP contribution in [0.15, 0.2) is 58.3 Å². The highest BCUT2D eigenvalue weighted by molar-refractivity contribution is 8.76. The largest absolute Gasteiger partial charge is 0.0613 e. The first-order valence-corrected chi connectivity index (χ1v) is 8.49. The summed E-state index contributed by atoms with van der Waals surface area (Å²) >= 11 is 0. The predicted molar refractivity (Wildman–Crippen MR) is 83.4 cm³/mol. The SMILES string of the molecule is CCc1cccc(SSc2cccc(CC)c2)c1. The van der Waals surface area contributed by atoms with Crippen LogP contribution in [0.3, 0.4) is 0 Å². The molecule has 0 heterocycles. The first-order chi connectivity index (χ1) is 8.81. The van der Waals surface area contributed by atoms with Gasteiger partial charge in [0, 0.05) is 9.79 Å². The third-order valence-electron chi connectivity index (χ3n) is 2.85. The molecular formula is C16H18S2. The molecule has 0 aromatic heterocycles. The van der Waals surface area contributed by atoms with Gasteiger partial charge in [0.15, 0.2) is 0 Å². The molecule has 0 aliphatic heterocycles. The van der Waals surface area contributed by atoms with Crippen molar-refractivity contribution < 1.29 is 0 Å². The molecule has 2 aromatic rings. The molecule has 0 radical (unpaired) electrons. The van der Waals surface area contributed by atoms with Crippen LogP contribution < -0.4 is 0 Å². The highest BCUT2D eigenvalue weighted by Gasteiger charge is 1.99. The van der Waals surface area contributed by atoms with Crippen molar-refractivity contribution in [2.75, 3.05) is 0 Å². The number of rotatable bonds is 5. The molecule has 0 saturated heterocycles. The van der Waals surface area contributed by atoms with E-state index in [1.165, 1.54) is 20.9 Å². The van der Waals surface area contributed by atoms with Gasteiger partial charge in [-0.3, -0.25) is 0 Å². The zero-order valence-electron chi connectivity index (χ0n) is 10.8. The Morgan fingerprint density at radius 1 is 0.722 bits per heavy atom. The van der Waals surface area contributed by atoms with Gasteiger partial charge in [0.2, 0.25) is 0 Å². The average molecular weight is 274 g/mol. The van der Waals surface area contributed by atoms with Gasteiger partial charge in [0.1, 0.15) is 0 Å². The fraction of sp³-hybridized carbons (Fsp3) is 0.250. The lowest BCUT2D eigenvalue weighted by atomic mass is 10.2. The summed E-state index contributed by atoms with van der Waals surface area (Å²) in [6, 6.07) is 17.6. The molecule has 0 N–H and O–H groups in total. The van der Waals surface area contributed by atoms with Crippen molar-refractivity contribution in [2.24, 2.45) is 0 Å². The van der Waals surface area contributed by atoms with Crippen LogP contribution in [0.5, 0.6) is 0 Å². The maximum Gasteiger partial charge on any atom is 0.0189 e. The number of benzene rings is 2. The van der Waals surface area contributed by atoms with E-state index in [0.29, 0.717) is 0 Å². The smallest absolute Gasteiger partial charge is 0.0189 e. The van der Waals surface area contributed by atoms with E-state index in [9.17, 15) is 0 Å². The highest BCUT2D eigenvalue weighted by Crippen LogP contribution is 2.37. The maximum atomic E-state index is 2.28. The quantitative estimate of drug-likeness (QED) is 0.650. The van der Waals surface area contributed by atoms with E-state index >= 15 is 0 Å². The van der Waals surface area contributed by atoms with E-state index in [1.807, 2.05) is 21.6 Å². The molecule has 2 heteroatoms. The minimum absolute atomic E-state index is 1.10. The Labute approximate surface area is 118 Å². The zero-order chi connectivity index (χ0) is 12.8. The van der Waals surface area contributed by atoms with Crippen LogP contribution in [0.25, 0.3) is 0 Å². The first kappa shape index (κ1) is 13.6. The van der Waals surface area contributed by atoms with Crippen molar-refractivity contribution in [3.05, 3.63) is 59.7 Å². The lowest BCUT2D eigenvalue weighted by molar-refractivity contribution is 1.12. The summed E-state index contributed by atoms with van der Waals surface area (Å²) in [6.45, 7) is 4.39. The van der Waals surface area contributed by atoms with Crippen LogP contribution in [-0.4, -0.2) is 0 Å². The first-order valence-electron chi connectivity index (χ1n) is 6.34. The van der Waals surface area contributed by atoms with Gasteiger partial charge in [-0.2, -0.15) is 0 Å². The van der Waals surface area contributed by atoms with E-state index in [1.54, 1.807) is 0 Å². The van der Waals surface area contributed by atoms with Crippen LogP contribution in [0.2, 0.25) is 0 Å². The summed E-state index contributed by atoms with van der Waals surface area (Å²) < 4.78 is 0. The normalized spacial score (nSPS) is 10.6. The minimum atomic E-state index is 1.10. The van der Waals surface area contributed by atoms with E-state index in [2.05, 4.69) is 62.4 Å². The summed E-state index contributed by atoms with van der Waals surface area (Å²) in [7, 11) is 3.68. The topological polar surface area (TPSA) is 0 Å². The Morgan fingerprint density at radius 3 is 1.56 bits per heavy atom. The Kier molecular flexibility index (Phi) is 5.21. The predicted octanol–water partition coefficient (Wildman–Crippen LogP) is 5.61.